The molecule has 0 spiro atoms. The highest BCUT2D eigenvalue weighted by molar-refractivity contribution is 6.30. The summed E-state index contributed by atoms with van der Waals surface area (Å²) in [6.07, 6.45) is 4.67. The number of hydrogen-bond acceptors (Lipinski definition) is 3. The van der Waals surface area contributed by atoms with Gasteiger partial charge in [0.2, 0.25) is 0 Å². The molecule has 1 saturated heterocycles. The molecule has 148 valence electrons. The summed E-state index contributed by atoms with van der Waals surface area (Å²) in [6.45, 7) is 2.67. The highest BCUT2D eigenvalue weighted by Gasteiger charge is 2.23. The van der Waals surface area contributed by atoms with Crippen LogP contribution in [-0.2, 0) is 11.3 Å². The van der Waals surface area contributed by atoms with E-state index in [4.69, 9.17) is 21.3 Å². The number of hydrogen-bond donors (Lipinski definition) is 0. The second-order valence-corrected chi connectivity index (χ2v) is 8.17. The summed E-state index contributed by atoms with van der Waals surface area (Å²) in [6, 6.07) is 18.7. The van der Waals surface area contributed by atoms with Gasteiger partial charge < -0.3 is 14.2 Å². The second kappa shape index (κ2) is 7.69. The van der Waals surface area contributed by atoms with Crippen LogP contribution < -0.4 is 4.90 Å². The topological polar surface area (TPSA) is 30.3 Å². The fraction of sp³-hybridized carbons (Fsp3) is 0.292. The lowest BCUT2D eigenvalue weighted by atomic mass is 10.1. The first-order chi connectivity index (χ1) is 14.2. The SMILES string of the molecule is COC1CCCN(c2nc3ccccc3c3c2ccn3Cc2cccc(Cl)c2)C1. The number of rotatable bonds is 4. The number of fused-ring (bicyclic) bond motifs is 3. The zero-order valence-corrected chi connectivity index (χ0v) is 17.3. The van der Waals surface area contributed by atoms with Crippen LogP contribution in [0.2, 0.25) is 5.02 Å². The Morgan fingerprint density at radius 1 is 1.10 bits per heavy atom. The molecule has 4 aromatic rings. The lowest BCUT2D eigenvalue weighted by molar-refractivity contribution is 0.0892. The number of pyridine rings is 1. The van der Waals surface area contributed by atoms with E-state index in [0.717, 1.165) is 48.8 Å². The molecule has 4 nitrogen and oxygen atoms in total. The number of nitrogens with zero attached hydrogens (tertiary/aromatic N) is 3. The van der Waals surface area contributed by atoms with Gasteiger partial charge in [-0.2, -0.15) is 0 Å². The quantitative estimate of drug-likeness (QED) is 0.448. The average Bonchev–Trinajstić information content (AvgIpc) is 3.17. The smallest absolute Gasteiger partial charge is 0.138 e. The minimum absolute atomic E-state index is 0.264. The van der Waals surface area contributed by atoms with Crippen molar-refractivity contribution in [3.8, 4) is 0 Å². The van der Waals surface area contributed by atoms with Gasteiger partial charge in [0.1, 0.15) is 5.82 Å². The lowest BCUT2D eigenvalue weighted by Crippen LogP contribution is -2.39. The van der Waals surface area contributed by atoms with E-state index in [2.05, 4.69) is 52.1 Å². The third-order valence-corrected chi connectivity index (χ3v) is 6.08. The van der Waals surface area contributed by atoms with Crippen molar-refractivity contribution in [1.82, 2.24) is 9.55 Å². The summed E-state index contributed by atoms with van der Waals surface area (Å²) in [5.74, 6) is 1.06. The molecule has 5 rings (SSSR count). The van der Waals surface area contributed by atoms with E-state index in [0.29, 0.717) is 0 Å². The maximum atomic E-state index is 6.21. The summed E-state index contributed by atoms with van der Waals surface area (Å²) >= 11 is 6.21. The minimum atomic E-state index is 0.264. The summed E-state index contributed by atoms with van der Waals surface area (Å²) < 4.78 is 7.96. The van der Waals surface area contributed by atoms with Crippen LogP contribution in [-0.4, -0.2) is 35.9 Å². The molecule has 0 amide bonds. The fourth-order valence-corrected chi connectivity index (χ4v) is 4.64. The molecule has 0 aliphatic carbocycles. The van der Waals surface area contributed by atoms with E-state index in [1.54, 1.807) is 7.11 Å². The van der Waals surface area contributed by atoms with Crippen molar-refractivity contribution in [2.45, 2.75) is 25.5 Å². The van der Waals surface area contributed by atoms with Crippen molar-refractivity contribution >= 4 is 39.2 Å². The summed E-state index contributed by atoms with van der Waals surface area (Å²) in [5, 5.41) is 3.14. The Labute approximate surface area is 175 Å². The van der Waals surface area contributed by atoms with Crippen LogP contribution in [0.1, 0.15) is 18.4 Å². The van der Waals surface area contributed by atoms with Crippen LogP contribution in [0.4, 0.5) is 5.82 Å². The molecule has 1 atom stereocenters. The first-order valence-electron chi connectivity index (χ1n) is 10.1. The molecule has 0 radical (unpaired) electrons. The number of anilines is 1. The number of methoxy groups -OCH3 is 1. The van der Waals surface area contributed by atoms with Crippen molar-refractivity contribution in [2.75, 3.05) is 25.1 Å². The van der Waals surface area contributed by atoms with Crippen molar-refractivity contribution in [3.63, 3.8) is 0 Å². The molecule has 1 aliphatic rings. The first-order valence-corrected chi connectivity index (χ1v) is 10.5. The van der Waals surface area contributed by atoms with Gasteiger partial charge in [0, 0.05) is 48.7 Å². The number of halogens is 1. The minimum Gasteiger partial charge on any atom is -0.380 e. The molecular formula is C24H24ClN3O. The molecular weight excluding hydrogens is 382 g/mol. The standard InChI is InChI=1S/C24H24ClN3O/c1-29-19-8-5-12-28(16-19)24-21-11-13-27(15-17-6-4-7-18(25)14-17)23(21)20-9-2-3-10-22(20)26-24/h2-4,6-7,9-11,13-14,19H,5,8,12,15-16H2,1H3. The van der Waals surface area contributed by atoms with Crippen LogP contribution in [0.25, 0.3) is 21.8 Å². The third-order valence-electron chi connectivity index (χ3n) is 5.84. The maximum absolute atomic E-state index is 6.21. The van der Waals surface area contributed by atoms with E-state index in [1.165, 1.54) is 21.9 Å². The molecule has 2 aromatic carbocycles. The van der Waals surface area contributed by atoms with Gasteiger partial charge in [-0.25, -0.2) is 4.98 Å². The van der Waals surface area contributed by atoms with Crippen LogP contribution in [0.5, 0.6) is 0 Å². The third kappa shape index (κ3) is 3.47. The molecule has 5 heteroatoms. The Kier molecular flexibility index (Phi) is 4.90. The van der Waals surface area contributed by atoms with E-state index in [-0.39, 0.29) is 6.10 Å². The fourth-order valence-electron chi connectivity index (χ4n) is 4.43. The highest BCUT2D eigenvalue weighted by Crippen LogP contribution is 2.34. The Bertz CT molecular complexity index is 1170. The van der Waals surface area contributed by atoms with Crippen LogP contribution in [0.15, 0.2) is 60.8 Å². The largest absolute Gasteiger partial charge is 0.380 e. The van der Waals surface area contributed by atoms with Gasteiger partial charge in [-0.05, 0) is 42.7 Å². The van der Waals surface area contributed by atoms with Crippen LogP contribution in [0.3, 0.4) is 0 Å². The summed E-state index contributed by atoms with van der Waals surface area (Å²) in [4.78, 5) is 7.45. The van der Waals surface area contributed by atoms with Crippen LogP contribution >= 0.6 is 11.6 Å². The normalized spacial score (nSPS) is 17.3. The lowest BCUT2D eigenvalue weighted by Gasteiger charge is -2.33. The first kappa shape index (κ1) is 18.5. The molecule has 0 saturated carbocycles. The molecule has 2 aromatic heterocycles. The maximum Gasteiger partial charge on any atom is 0.138 e. The zero-order chi connectivity index (χ0) is 19.8. The molecule has 0 N–H and O–H groups in total. The molecule has 0 bridgehead atoms. The monoisotopic (exact) mass is 405 g/mol. The Balaban J connectivity index is 1.66. The van der Waals surface area contributed by atoms with Gasteiger partial charge >= 0.3 is 0 Å². The van der Waals surface area contributed by atoms with Crippen molar-refractivity contribution < 1.29 is 4.74 Å². The molecule has 1 unspecified atom stereocenters. The van der Waals surface area contributed by atoms with Gasteiger partial charge in [-0.15, -0.1) is 0 Å². The Morgan fingerprint density at radius 3 is 2.86 bits per heavy atom. The van der Waals surface area contributed by atoms with Gasteiger partial charge in [-0.1, -0.05) is 41.9 Å². The molecule has 1 aliphatic heterocycles. The number of aromatic nitrogens is 2. The summed E-state index contributed by atoms with van der Waals surface area (Å²) in [5.41, 5.74) is 3.44. The van der Waals surface area contributed by atoms with Crippen molar-refractivity contribution in [2.24, 2.45) is 0 Å². The number of piperidine rings is 1. The van der Waals surface area contributed by atoms with Gasteiger partial charge in [0.05, 0.1) is 17.1 Å². The number of para-hydroxylation sites is 1. The Hall–Kier alpha value is -2.56. The van der Waals surface area contributed by atoms with Crippen LogP contribution in [0, 0.1) is 0 Å². The van der Waals surface area contributed by atoms with Gasteiger partial charge in [0.25, 0.3) is 0 Å². The number of ether oxygens (including phenoxy) is 1. The second-order valence-electron chi connectivity index (χ2n) is 7.73. The van der Waals surface area contributed by atoms with Crippen molar-refractivity contribution in [3.05, 3.63) is 71.4 Å². The summed E-state index contributed by atoms with van der Waals surface area (Å²) in [7, 11) is 1.80. The number of benzene rings is 2. The van der Waals surface area contributed by atoms with E-state index >= 15 is 0 Å². The highest BCUT2D eigenvalue weighted by atomic mass is 35.5. The predicted molar refractivity (Wildman–Crippen MR) is 120 cm³/mol. The van der Waals surface area contributed by atoms with E-state index in [1.807, 2.05) is 18.2 Å². The zero-order valence-electron chi connectivity index (χ0n) is 16.5. The van der Waals surface area contributed by atoms with Gasteiger partial charge in [-0.3, -0.25) is 0 Å². The van der Waals surface area contributed by atoms with Crippen molar-refractivity contribution in [1.29, 1.82) is 0 Å². The molecule has 29 heavy (non-hydrogen) atoms. The molecule has 3 heterocycles. The van der Waals surface area contributed by atoms with E-state index in [9.17, 15) is 0 Å². The molecule has 1 fully saturated rings. The predicted octanol–water partition coefficient (Wildman–Crippen LogP) is 5.51. The van der Waals surface area contributed by atoms with E-state index < -0.39 is 0 Å². The van der Waals surface area contributed by atoms with Gasteiger partial charge in [0.15, 0.2) is 0 Å². The Morgan fingerprint density at radius 2 is 2.00 bits per heavy atom. The average molecular weight is 406 g/mol.